The molecule has 3 atom stereocenters. The van der Waals surface area contributed by atoms with E-state index in [0.717, 1.165) is 5.56 Å². The van der Waals surface area contributed by atoms with Gasteiger partial charge in [-0.1, -0.05) is 36.2 Å². The van der Waals surface area contributed by atoms with Crippen molar-refractivity contribution in [1.29, 1.82) is 5.26 Å². The molecule has 0 saturated carbocycles. The van der Waals surface area contributed by atoms with Crippen molar-refractivity contribution in [3.05, 3.63) is 57.7 Å². The molecule has 3 heterocycles. The summed E-state index contributed by atoms with van der Waals surface area (Å²) in [4.78, 5) is 33.6. The monoisotopic (exact) mass is 528 g/mol. The summed E-state index contributed by atoms with van der Waals surface area (Å²) in [7, 11) is 0. The number of carbonyl (C=O) groups is 2. The highest BCUT2D eigenvalue weighted by Crippen LogP contribution is 2.39. The zero-order valence-electron chi connectivity index (χ0n) is 20.5. The molecule has 0 aliphatic carbocycles. The van der Waals surface area contributed by atoms with Crippen LogP contribution in [0.5, 0.6) is 5.88 Å². The van der Waals surface area contributed by atoms with E-state index in [1.165, 1.54) is 6.20 Å². The van der Waals surface area contributed by atoms with Gasteiger partial charge in [-0.25, -0.2) is 4.98 Å². The van der Waals surface area contributed by atoms with Gasteiger partial charge in [0.15, 0.2) is 0 Å². The molecular formula is C27H30Cl2N4O3. The molecule has 0 unspecified atom stereocenters. The van der Waals surface area contributed by atoms with Gasteiger partial charge in [0, 0.05) is 62.6 Å². The van der Waals surface area contributed by atoms with Crippen LogP contribution in [0.4, 0.5) is 0 Å². The second-order valence-corrected chi connectivity index (χ2v) is 10.3. The molecule has 9 heteroatoms. The van der Waals surface area contributed by atoms with Crippen molar-refractivity contribution in [1.82, 2.24) is 14.8 Å². The molecule has 2 aliphatic heterocycles. The molecule has 0 radical (unpaired) electrons. The topological polar surface area (TPSA) is 86.5 Å². The summed E-state index contributed by atoms with van der Waals surface area (Å²) in [5.41, 5.74) is 1.48. The van der Waals surface area contributed by atoms with Gasteiger partial charge in [0.1, 0.15) is 12.2 Å². The van der Waals surface area contributed by atoms with E-state index >= 15 is 0 Å². The standard InChI is InChI=1S/C27H30Cl2N4O3/c1-3-26(34)32-10-8-19(9-11-32)27(35)33-15-21(17(2)36-25-7-4-18(13-30)14-31-25)22(16-33)20-5-6-23(28)24(29)12-20/h4-7,12,14,17,19,21-22H,3,8-11,15-16H2,1-2H3/t17-,21+,22+/m0/s1. The first kappa shape index (κ1) is 26.2. The van der Waals surface area contributed by atoms with Crippen LogP contribution in [0, 0.1) is 23.2 Å². The van der Waals surface area contributed by atoms with Gasteiger partial charge >= 0.3 is 0 Å². The Balaban J connectivity index is 1.51. The maximum Gasteiger partial charge on any atom is 0.225 e. The van der Waals surface area contributed by atoms with Gasteiger partial charge in [-0.05, 0) is 43.5 Å². The number of hydrogen-bond donors (Lipinski definition) is 0. The van der Waals surface area contributed by atoms with Crippen LogP contribution in [0.25, 0.3) is 0 Å². The second kappa shape index (κ2) is 11.5. The average molecular weight is 529 g/mol. The number of ether oxygens (including phenoxy) is 1. The molecule has 0 spiro atoms. The van der Waals surface area contributed by atoms with Crippen molar-refractivity contribution in [2.45, 2.75) is 45.1 Å². The Morgan fingerprint density at radius 2 is 1.89 bits per heavy atom. The van der Waals surface area contributed by atoms with Gasteiger partial charge in [-0.15, -0.1) is 0 Å². The van der Waals surface area contributed by atoms with Gasteiger partial charge in [-0.3, -0.25) is 9.59 Å². The largest absolute Gasteiger partial charge is 0.474 e. The van der Waals surface area contributed by atoms with Gasteiger partial charge in [-0.2, -0.15) is 5.26 Å². The van der Waals surface area contributed by atoms with Crippen molar-refractivity contribution in [2.75, 3.05) is 26.2 Å². The Morgan fingerprint density at radius 1 is 1.14 bits per heavy atom. The second-order valence-electron chi connectivity index (χ2n) is 9.52. The summed E-state index contributed by atoms with van der Waals surface area (Å²) in [5, 5.41) is 9.99. The third kappa shape index (κ3) is 5.77. The normalized spacial score (nSPS) is 21.2. The molecule has 2 saturated heterocycles. The summed E-state index contributed by atoms with van der Waals surface area (Å²) in [6, 6.07) is 11.0. The van der Waals surface area contributed by atoms with E-state index in [1.54, 1.807) is 18.2 Å². The zero-order valence-corrected chi connectivity index (χ0v) is 22.0. The fraction of sp³-hybridized carbons (Fsp3) is 0.481. The molecule has 0 N–H and O–H groups in total. The van der Waals surface area contributed by atoms with Crippen LogP contribution in [0.15, 0.2) is 36.5 Å². The molecular weight excluding hydrogens is 499 g/mol. The number of likely N-dealkylation sites (tertiary alicyclic amines) is 2. The fourth-order valence-corrected chi connectivity index (χ4v) is 5.54. The Labute approximate surface area is 221 Å². The Kier molecular flexibility index (Phi) is 8.38. The number of piperidine rings is 1. The highest BCUT2D eigenvalue weighted by molar-refractivity contribution is 6.42. The van der Waals surface area contributed by atoms with E-state index in [9.17, 15) is 9.59 Å². The first-order valence-corrected chi connectivity index (χ1v) is 13.1. The number of nitriles is 1. The number of rotatable bonds is 6. The van der Waals surface area contributed by atoms with Crippen molar-refractivity contribution >= 4 is 35.0 Å². The highest BCUT2D eigenvalue weighted by atomic mass is 35.5. The minimum atomic E-state index is -0.244. The number of amides is 2. The summed E-state index contributed by atoms with van der Waals surface area (Å²) in [6.07, 6.45) is 3.10. The molecule has 2 fully saturated rings. The molecule has 1 aromatic carbocycles. The lowest BCUT2D eigenvalue weighted by molar-refractivity contribution is -0.140. The molecule has 1 aromatic heterocycles. The maximum atomic E-state index is 13.5. The van der Waals surface area contributed by atoms with E-state index in [2.05, 4.69) is 11.1 Å². The van der Waals surface area contributed by atoms with E-state index in [-0.39, 0.29) is 35.7 Å². The Morgan fingerprint density at radius 3 is 2.50 bits per heavy atom. The quantitative estimate of drug-likeness (QED) is 0.531. The van der Waals surface area contributed by atoms with Crippen LogP contribution in [-0.4, -0.2) is 58.9 Å². The van der Waals surface area contributed by atoms with E-state index in [1.807, 2.05) is 35.8 Å². The Hall–Kier alpha value is -2.82. The van der Waals surface area contributed by atoms with E-state index in [0.29, 0.717) is 66.9 Å². The molecule has 4 rings (SSSR count). The van der Waals surface area contributed by atoms with Gasteiger partial charge in [0.2, 0.25) is 17.7 Å². The van der Waals surface area contributed by atoms with Gasteiger partial charge < -0.3 is 14.5 Å². The minimum Gasteiger partial charge on any atom is -0.474 e. The number of benzene rings is 1. The first-order chi connectivity index (χ1) is 17.3. The molecule has 7 nitrogen and oxygen atoms in total. The Bertz CT molecular complexity index is 1140. The lowest BCUT2D eigenvalue weighted by atomic mass is 9.86. The van der Waals surface area contributed by atoms with Gasteiger partial charge in [0.25, 0.3) is 0 Å². The molecule has 36 heavy (non-hydrogen) atoms. The number of aromatic nitrogens is 1. The fourth-order valence-electron chi connectivity index (χ4n) is 5.23. The molecule has 2 amide bonds. The summed E-state index contributed by atoms with van der Waals surface area (Å²) in [5.74, 6) is 0.644. The third-order valence-electron chi connectivity index (χ3n) is 7.32. The molecule has 2 aliphatic rings. The smallest absolute Gasteiger partial charge is 0.225 e. The third-order valence-corrected chi connectivity index (χ3v) is 8.06. The number of nitrogens with zero attached hydrogens (tertiary/aromatic N) is 4. The predicted octanol–water partition coefficient (Wildman–Crippen LogP) is 4.92. The number of pyridine rings is 1. The van der Waals surface area contributed by atoms with Crippen LogP contribution in [0.3, 0.4) is 0 Å². The van der Waals surface area contributed by atoms with Crippen molar-refractivity contribution in [3.63, 3.8) is 0 Å². The lowest BCUT2D eigenvalue weighted by Gasteiger charge is -2.33. The summed E-state index contributed by atoms with van der Waals surface area (Å²) in [6.45, 7) is 6.21. The average Bonchev–Trinajstić information content (AvgIpc) is 3.35. The molecule has 2 aromatic rings. The SMILES string of the molecule is CCC(=O)N1CCC(C(=O)N2C[C@H]([C@H](C)Oc3ccc(C#N)cn3)[C@@H](c3ccc(Cl)c(Cl)c3)C2)CC1. The van der Waals surface area contributed by atoms with Crippen LogP contribution in [0.2, 0.25) is 10.0 Å². The van der Waals surface area contributed by atoms with Crippen LogP contribution >= 0.6 is 23.2 Å². The maximum absolute atomic E-state index is 13.5. The van der Waals surface area contributed by atoms with Crippen molar-refractivity contribution in [2.24, 2.45) is 11.8 Å². The molecule has 0 bridgehead atoms. The van der Waals surface area contributed by atoms with Crippen LogP contribution in [-0.2, 0) is 9.59 Å². The number of hydrogen-bond acceptors (Lipinski definition) is 5. The first-order valence-electron chi connectivity index (χ1n) is 12.3. The summed E-state index contributed by atoms with van der Waals surface area (Å²) < 4.78 is 6.17. The van der Waals surface area contributed by atoms with E-state index < -0.39 is 0 Å². The van der Waals surface area contributed by atoms with Crippen molar-refractivity contribution < 1.29 is 14.3 Å². The molecule has 190 valence electrons. The van der Waals surface area contributed by atoms with Crippen LogP contribution < -0.4 is 4.74 Å². The van der Waals surface area contributed by atoms with Gasteiger partial charge in [0.05, 0.1) is 15.6 Å². The number of carbonyl (C=O) groups excluding carboxylic acids is 2. The summed E-state index contributed by atoms with van der Waals surface area (Å²) >= 11 is 12.5. The number of halogens is 2. The van der Waals surface area contributed by atoms with E-state index in [4.69, 9.17) is 33.2 Å². The predicted molar refractivity (Wildman–Crippen MR) is 138 cm³/mol. The lowest BCUT2D eigenvalue weighted by Crippen LogP contribution is -2.44. The zero-order chi connectivity index (χ0) is 25.8. The highest BCUT2D eigenvalue weighted by Gasteiger charge is 2.42. The minimum absolute atomic E-state index is 0.00499. The van der Waals surface area contributed by atoms with Crippen molar-refractivity contribution in [3.8, 4) is 11.9 Å². The van der Waals surface area contributed by atoms with Crippen LogP contribution in [0.1, 0.15) is 50.2 Å².